The molecule has 3 aromatic rings. The summed E-state index contributed by atoms with van der Waals surface area (Å²) in [7, 11) is 0. The van der Waals surface area contributed by atoms with E-state index >= 15 is 0 Å². The van der Waals surface area contributed by atoms with Crippen LogP contribution in [0.4, 0.5) is 0 Å². The zero-order valence-electron chi connectivity index (χ0n) is 18.1. The van der Waals surface area contributed by atoms with Crippen LogP contribution in [0.5, 0.6) is 11.5 Å². The Balaban J connectivity index is 1.15. The van der Waals surface area contributed by atoms with E-state index in [1.54, 1.807) is 0 Å². The molecule has 0 bridgehead atoms. The van der Waals surface area contributed by atoms with Gasteiger partial charge in [0.1, 0.15) is 11.5 Å². The summed E-state index contributed by atoms with van der Waals surface area (Å²) in [6.07, 6.45) is 18.1. The molecule has 4 heteroatoms. The van der Waals surface area contributed by atoms with Crippen LogP contribution in [0.15, 0.2) is 73.3 Å². The number of unbranched alkanes of at least 4 members (excludes halogenated alkanes) is 6. The summed E-state index contributed by atoms with van der Waals surface area (Å²) in [5, 5.41) is 0. The number of nitrogens with zero attached hydrogens (tertiary/aromatic N) is 2. The van der Waals surface area contributed by atoms with Crippen molar-refractivity contribution in [1.29, 1.82) is 0 Å². The SMILES string of the molecule is c1ccn(CCCCCCOc2ccc(OCCCCCCn3cccc3)cc2)c1. The first-order chi connectivity index (χ1) is 14.9. The first-order valence-electron chi connectivity index (χ1n) is 11.5. The maximum absolute atomic E-state index is 5.85. The molecule has 1 aromatic carbocycles. The molecule has 0 saturated heterocycles. The highest BCUT2D eigenvalue weighted by atomic mass is 16.5. The van der Waals surface area contributed by atoms with Gasteiger partial charge >= 0.3 is 0 Å². The predicted molar refractivity (Wildman–Crippen MR) is 123 cm³/mol. The predicted octanol–water partition coefficient (Wildman–Crippen LogP) is 6.57. The maximum Gasteiger partial charge on any atom is 0.119 e. The molecule has 4 nitrogen and oxygen atoms in total. The number of hydrogen-bond donors (Lipinski definition) is 0. The zero-order valence-corrected chi connectivity index (χ0v) is 18.1. The fraction of sp³-hybridized carbons (Fsp3) is 0.462. The van der Waals surface area contributed by atoms with Gasteiger partial charge < -0.3 is 18.6 Å². The minimum absolute atomic E-state index is 0.784. The maximum atomic E-state index is 5.85. The summed E-state index contributed by atoms with van der Waals surface area (Å²) in [5.74, 6) is 1.86. The van der Waals surface area contributed by atoms with Crippen molar-refractivity contribution in [2.24, 2.45) is 0 Å². The van der Waals surface area contributed by atoms with E-state index in [1.807, 2.05) is 24.3 Å². The summed E-state index contributed by atoms with van der Waals surface area (Å²) in [6.45, 7) is 3.80. The summed E-state index contributed by atoms with van der Waals surface area (Å²) in [4.78, 5) is 0. The second kappa shape index (κ2) is 13.6. The number of hydrogen-bond acceptors (Lipinski definition) is 2. The minimum atomic E-state index is 0.784. The van der Waals surface area contributed by atoms with Crippen molar-refractivity contribution in [3.05, 3.63) is 73.3 Å². The molecule has 0 aliphatic heterocycles. The Morgan fingerprint density at radius 2 is 0.833 bits per heavy atom. The lowest BCUT2D eigenvalue weighted by atomic mass is 10.2. The Morgan fingerprint density at radius 3 is 1.23 bits per heavy atom. The van der Waals surface area contributed by atoms with Crippen molar-refractivity contribution >= 4 is 0 Å². The van der Waals surface area contributed by atoms with E-state index in [0.29, 0.717) is 0 Å². The average Bonchev–Trinajstić information content (AvgIpc) is 3.48. The van der Waals surface area contributed by atoms with E-state index in [-0.39, 0.29) is 0 Å². The highest BCUT2D eigenvalue weighted by Gasteiger charge is 1.98. The molecule has 0 atom stereocenters. The van der Waals surface area contributed by atoms with Crippen LogP contribution in [0.1, 0.15) is 51.4 Å². The van der Waals surface area contributed by atoms with Crippen LogP contribution >= 0.6 is 0 Å². The van der Waals surface area contributed by atoms with Crippen LogP contribution in [-0.4, -0.2) is 22.3 Å². The third-order valence-corrected chi connectivity index (χ3v) is 5.31. The summed E-state index contributed by atoms with van der Waals surface area (Å²) in [6, 6.07) is 16.4. The van der Waals surface area contributed by atoms with Crippen LogP contribution in [-0.2, 0) is 13.1 Å². The molecule has 0 aliphatic carbocycles. The molecule has 0 radical (unpaired) electrons. The summed E-state index contributed by atoms with van der Waals surface area (Å²) >= 11 is 0. The summed E-state index contributed by atoms with van der Waals surface area (Å²) in [5.41, 5.74) is 0. The number of aryl methyl sites for hydroxylation is 2. The highest BCUT2D eigenvalue weighted by molar-refractivity contribution is 5.31. The molecule has 2 aromatic heterocycles. The lowest BCUT2D eigenvalue weighted by molar-refractivity contribution is 0.296. The normalized spacial score (nSPS) is 10.9. The van der Waals surface area contributed by atoms with Crippen LogP contribution in [0.3, 0.4) is 0 Å². The van der Waals surface area contributed by atoms with Gasteiger partial charge in [0.05, 0.1) is 13.2 Å². The first kappa shape index (κ1) is 22.1. The van der Waals surface area contributed by atoms with Crippen LogP contribution in [0.25, 0.3) is 0 Å². The molecular weight excluding hydrogens is 372 g/mol. The molecule has 0 unspecified atom stereocenters. The van der Waals surface area contributed by atoms with Crippen LogP contribution in [0, 0.1) is 0 Å². The largest absolute Gasteiger partial charge is 0.494 e. The van der Waals surface area contributed by atoms with Crippen molar-refractivity contribution in [2.45, 2.75) is 64.5 Å². The smallest absolute Gasteiger partial charge is 0.119 e. The second-order valence-corrected chi connectivity index (χ2v) is 7.84. The second-order valence-electron chi connectivity index (χ2n) is 7.84. The molecule has 0 aliphatic rings. The Bertz CT molecular complexity index is 697. The molecular formula is C26H36N2O2. The Labute approximate surface area is 181 Å². The van der Waals surface area contributed by atoms with Crippen molar-refractivity contribution in [3.8, 4) is 11.5 Å². The average molecular weight is 409 g/mol. The van der Waals surface area contributed by atoms with Gasteiger partial charge in [-0.25, -0.2) is 0 Å². The monoisotopic (exact) mass is 408 g/mol. The van der Waals surface area contributed by atoms with Crippen molar-refractivity contribution in [2.75, 3.05) is 13.2 Å². The number of benzene rings is 1. The Morgan fingerprint density at radius 1 is 0.467 bits per heavy atom. The lowest BCUT2D eigenvalue weighted by Crippen LogP contribution is -2.00. The highest BCUT2D eigenvalue weighted by Crippen LogP contribution is 2.18. The standard InChI is InChI=1S/C26H36N2O2/c1(5-17-27-19-7-8-20-27)3-11-23-29-25-13-15-26(16-14-25)30-24-12-4-2-6-18-28-21-9-10-22-28/h7-10,13-16,19-22H,1-6,11-12,17-18,23-24H2. The van der Waals surface area contributed by atoms with E-state index in [2.05, 4.69) is 58.2 Å². The van der Waals surface area contributed by atoms with Gasteiger partial charge in [-0.2, -0.15) is 0 Å². The molecule has 3 rings (SSSR count). The van der Waals surface area contributed by atoms with Gasteiger partial charge in [-0.1, -0.05) is 25.7 Å². The first-order valence-corrected chi connectivity index (χ1v) is 11.5. The Kier molecular flexibility index (Phi) is 9.99. The van der Waals surface area contributed by atoms with Crippen molar-refractivity contribution in [3.63, 3.8) is 0 Å². The molecule has 2 heterocycles. The van der Waals surface area contributed by atoms with Gasteiger partial charge in [0.25, 0.3) is 0 Å². The number of aromatic nitrogens is 2. The van der Waals surface area contributed by atoms with E-state index in [4.69, 9.17) is 9.47 Å². The molecule has 0 spiro atoms. The van der Waals surface area contributed by atoms with E-state index < -0.39 is 0 Å². The van der Waals surface area contributed by atoms with Gasteiger partial charge in [0.2, 0.25) is 0 Å². The topological polar surface area (TPSA) is 28.3 Å². The molecule has 0 amide bonds. The third kappa shape index (κ3) is 8.81. The molecule has 0 N–H and O–H groups in total. The van der Waals surface area contributed by atoms with Crippen molar-refractivity contribution < 1.29 is 9.47 Å². The van der Waals surface area contributed by atoms with Gasteiger partial charge in [-0.05, 0) is 74.2 Å². The molecule has 30 heavy (non-hydrogen) atoms. The van der Waals surface area contributed by atoms with Gasteiger partial charge in [0, 0.05) is 37.9 Å². The molecule has 162 valence electrons. The van der Waals surface area contributed by atoms with Gasteiger partial charge in [-0.15, -0.1) is 0 Å². The molecule has 0 fully saturated rings. The van der Waals surface area contributed by atoms with Gasteiger partial charge in [0.15, 0.2) is 0 Å². The van der Waals surface area contributed by atoms with Gasteiger partial charge in [-0.3, -0.25) is 0 Å². The number of rotatable bonds is 16. The lowest BCUT2D eigenvalue weighted by Gasteiger charge is -2.09. The fourth-order valence-corrected chi connectivity index (χ4v) is 3.55. The van der Waals surface area contributed by atoms with E-state index in [9.17, 15) is 0 Å². The zero-order chi connectivity index (χ0) is 20.7. The third-order valence-electron chi connectivity index (χ3n) is 5.31. The van der Waals surface area contributed by atoms with Crippen LogP contribution < -0.4 is 9.47 Å². The number of ether oxygens (including phenoxy) is 2. The van der Waals surface area contributed by atoms with E-state index in [0.717, 1.165) is 50.6 Å². The van der Waals surface area contributed by atoms with Crippen LogP contribution in [0.2, 0.25) is 0 Å². The van der Waals surface area contributed by atoms with E-state index in [1.165, 1.54) is 38.5 Å². The fourth-order valence-electron chi connectivity index (χ4n) is 3.55. The quantitative estimate of drug-likeness (QED) is 0.251. The molecule has 0 saturated carbocycles. The Hall–Kier alpha value is -2.62. The minimum Gasteiger partial charge on any atom is -0.494 e. The van der Waals surface area contributed by atoms with Crippen molar-refractivity contribution in [1.82, 2.24) is 9.13 Å². The summed E-state index contributed by atoms with van der Waals surface area (Å²) < 4.78 is 16.2.